The first-order valence-corrected chi connectivity index (χ1v) is 9.40. The van der Waals surface area contributed by atoms with Gasteiger partial charge in [-0.2, -0.15) is 13.2 Å². The fourth-order valence-corrected chi connectivity index (χ4v) is 2.85. The molecular weight excluding hydrogens is 430 g/mol. The molecule has 1 aliphatic carbocycles. The van der Waals surface area contributed by atoms with Crippen LogP contribution in [0.2, 0.25) is 10.0 Å². The van der Waals surface area contributed by atoms with Gasteiger partial charge in [0.2, 0.25) is 11.8 Å². The molecule has 0 atom stereocenters. The highest BCUT2D eigenvalue weighted by Crippen LogP contribution is 2.37. The van der Waals surface area contributed by atoms with E-state index in [0.29, 0.717) is 10.7 Å². The number of rotatable bonds is 6. The molecule has 0 unspecified atom stereocenters. The molecule has 0 bridgehead atoms. The molecule has 3 N–H and O–H groups in total. The van der Waals surface area contributed by atoms with Crippen LogP contribution in [0.4, 0.5) is 30.2 Å². The van der Waals surface area contributed by atoms with Gasteiger partial charge >= 0.3 is 6.18 Å². The largest absolute Gasteiger partial charge is 0.418 e. The SMILES string of the molecule is O=C(CNc1ccc(NC(=O)C2CC2)cc1C(F)(F)F)Nc1ccc(Cl)c(Cl)c1. The molecule has 0 saturated heterocycles. The van der Waals surface area contributed by atoms with E-state index in [1.165, 1.54) is 30.3 Å². The second kappa shape index (κ2) is 8.51. The van der Waals surface area contributed by atoms with Crippen molar-refractivity contribution in [1.82, 2.24) is 0 Å². The topological polar surface area (TPSA) is 70.2 Å². The Bertz CT molecular complexity index is 947. The molecule has 3 rings (SSSR count). The van der Waals surface area contributed by atoms with Crippen molar-refractivity contribution >= 4 is 52.1 Å². The summed E-state index contributed by atoms with van der Waals surface area (Å²) in [5.41, 5.74) is -0.833. The maximum absolute atomic E-state index is 13.4. The van der Waals surface area contributed by atoms with Crippen LogP contribution in [0.5, 0.6) is 0 Å². The molecule has 1 fully saturated rings. The van der Waals surface area contributed by atoms with E-state index in [9.17, 15) is 22.8 Å². The van der Waals surface area contributed by atoms with Gasteiger partial charge < -0.3 is 16.0 Å². The molecule has 10 heteroatoms. The highest BCUT2D eigenvalue weighted by Gasteiger charge is 2.35. The predicted octanol–water partition coefficient (Wildman–Crippen LogP) is 5.41. The molecule has 0 heterocycles. The third-order valence-corrected chi connectivity index (χ3v) is 4.92. The van der Waals surface area contributed by atoms with Crippen molar-refractivity contribution in [3.8, 4) is 0 Å². The Balaban J connectivity index is 1.67. The fraction of sp³-hybridized carbons (Fsp3) is 0.263. The smallest absolute Gasteiger partial charge is 0.376 e. The highest BCUT2D eigenvalue weighted by atomic mass is 35.5. The van der Waals surface area contributed by atoms with Crippen LogP contribution in [-0.4, -0.2) is 18.4 Å². The molecule has 0 aliphatic heterocycles. The van der Waals surface area contributed by atoms with Crippen molar-refractivity contribution in [3.63, 3.8) is 0 Å². The molecule has 0 spiro atoms. The van der Waals surface area contributed by atoms with Crippen molar-refractivity contribution in [3.05, 3.63) is 52.0 Å². The van der Waals surface area contributed by atoms with Gasteiger partial charge in [0.05, 0.1) is 22.2 Å². The van der Waals surface area contributed by atoms with E-state index in [0.717, 1.165) is 18.9 Å². The number of halogens is 5. The highest BCUT2D eigenvalue weighted by molar-refractivity contribution is 6.42. The Hall–Kier alpha value is -2.45. The monoisotopic (exact) mass is 445 g/mol. The maximum atomic E-state index is 13.4. The quantitative estimate of drug-likeness (QED) is 0.556. The summed E-state index contributed by atoms with van der Waals surface area (Å²) < 4.78 is 40.2. The Morgan fingerprint density at radius 3 is 2.24 bits per heavy atom. The van der Waals surface area contributed by atoms with Crippen LogP contribution in [0, 0.1) is 5.92 Å². The van der Waals surface area contributed by atoms with Crippen molar-refractivity contribution in [2.45, 2.75) is 19.0 Å². The fourth-order valence-electron chi connectivity index (χ4n) is 2.56. The minimum absolute atomic E-state index is 0.0556. The van der Waals surface area contributed by atoms with Crippen molar-refractivity contribution in [2.75, 3.05) is 22.5 Å². The van der Waals surface area contributed by atoms with Crippen molar-refractivity contribution in [2.24, 2.45) is 5.92 Å². The number of nitrogens with one attached hydrogen (secondary N) is 3. The molecule has 154 valence electrons. The molecule has 5 nitrogen and oxygen atoms in total. The Labute approximate surface area is 174 Å². The number of anilines is 3. The van der Waals surface area contributed by atoms with Crippen LogP contribution >= 0.6 is 23.2 Å². The normalized spacial score (nSPS) is 13.7. The summed E-state index contributed by atoms with van der Waals surface area (Å²) >= 11 is 11.7. The molecule has 0 aromatic heterocycles. The molecule has 1 saturated carbocycles. The van der Waals surface area contributed by atoms with E-state index in [-0.39, 0.29) is 28.2 Å². The predicted molar refractivity (Wildman–Crippen MR) is 106 cm³/mol. The van der Waals surface area contributed by atoms with Crippen molar-refractivity contribution < 1.29 is 22.8 Å². The second-order valence-electron chi connectivity index (χ2n) is 6.55. The van der Waals surface area contributed by atoms with Gasteiger partial charge in [0, 0.05) is 23.0 Å². The van der Waals surface area contributed by atoms with E-state index in [1.54, 1.807) is 0 Å². The lowest BCUT2D eigenvalue weighted by molar-refractivity contribution is -0.137. The number of carbonyl (C=O) groups excluding carboxylic acids is 2. The zero-order chi connectivity index (χ0) is 21.2. The zero-order valence-corrected chi connectivity index (χ0v) is 16.4. The van der Waals surface area contributed by atoms with Gasteiger partial charge in [0.1, 0.15) is 0 Å². The average Bonchev–Trinajstić information content (AvgIpc) is 3.48. The van der Waals surface area contributed by atoms with Gasteiger partial charge in [-0.1, -0.05) is 23.2 Å². The molecular formula is C19H16Cl2F3N3O2. The van der Waals surface area contributed by atoms with Gasteiger partial charge in [0.15, 0.2) is 0 Å². The van der Waals surface area contributed by atoms with Crippen LogP contribution in [0.15, 0.2) is 36.4 Å². The zero-order valence-electron chi connectivity index (χ0n) is 14.9. The number of carbonyl (C=O) groups is 2. The second-order valence-corrected chi connectivity index (χ2v) is 7.37. The average molecular weight is 446 g/mol. The molecule has 2 amide bonds. The summed E-state index contributed by atoms with van der Waals surface area (Å²) in [6, 6.07) is 7.82. The lowest BCUT2D eigenvalue weighted by Crippen LogP contribution is -2.23. The van der Waals surface area contributed by atoms with Crippen LogP contribution in [-0.2, 0) is 15.8 Å². The van der Waals surface area contributed by atoms with E-state index in [1.807, 2.05) is 0 Å². The first kappa shape index (κ1) is 21.3. The van der Waals surface area contributed by atoms with E-state index in [2.05, 4.69) is 16.0 Å². The standard InChI is InChI=1S/C19H16Cl2F3N3O2/c20-14-5-3-12(8-15(14)21)26-17(28)9-25-16-6-4-11(7-13(16)19(22,23)24)27-18(29)10-1-2-10/h3-8,10,25H,1-2,9H2,(H,26,28)(H,27,29). The van der Waals surface area contributed by atoms with Crippen LogP contribution in [0.3, 0.4) is 0 Å². The number of hydrogen-bond donors (Lipinski definition) is 3. The summed E-state index contributed by atoms with van der Waals surface area (Å²) in [5.74, 6) is -0.991. The Morgan fingerprint density at radius 1 is 0.966 bits per heavy atom. The van der Waals surface area contributed by atoms with Gasteiger partial charge in [-0.15, -0.1) is 0 Å². The number of benzene rings is 2. The molecule has 29 heavy (non-hydrogen) atoms. The molecule has 1 aliphatic rings. The van der Waals surface area contributed by atoms with Gasteiger partial charge in [-0.25, -0.2) is 0 Å². The van der Waals surface area contributed by atoms with E-state index in [4.69, 9.17) is 23.2 Å². The maximum Gasteiger partial charge on any atom is 0.418 e. The van der Waals surface area contributed by atoms with Crippen LogP contribution in [0.1, 0.15) is 18.4 Å². The first-order chi connectivity index (χ1) is 13.6. The summed E-state index contributed by atoms with van der Waals surface area (Å²) in [5, 5.41) is 8.02. The summed E-state index contributed by atoms with van der Waals surface area (Å²) in [6.07, 6.45) is -3.18. The van der Waals surface area contributed by atoms with E-state index < -0.39 is 24.2 Å². The molecule has 2 aromatic carbocycles. The summed E-state index contributed by atoms with van der Waals surface area (Å²) in [4.78, 5) is 23.8. The van der Waals surface area contributed by atoms with Crippen LogP contribution < -0.4 is 16.0 Å². The van der Waals surface area contributed by atoms with Crippen LogP contribution in [0.25, 0.3) is 0 Å². The Morgan fingerprint density at radius 2 is 1.62 bits per heavy atom. The number of amides is 2. The third-order valence-electron chi connectivity index (χ3n) is 4.18. The van der Waals surface area contributed by atoms with Gasteiger partial charge in [0.25, 0.3) is 0 Å². The van der Waals surface area contributed by atoms with Gasteiger partial charge in [-0.3, -0.25) is 9.59 Å². The third kappa shape index (κ3) is 5.77. The van der Waals surface area contributed by atoms with E-state index >= 15 is 0 Å². The Kier molecular flexibility index (Phi) is 6.24. The van der Waals surface area contributed by atoms with Gasteiger partial charge in [-0.05, 0) is 49.2 Å². The first-order valence-electron chi connectivity index (χ1n) is 8.64. The minimum Gasteiger partial charge on any atom is -0.376 e. The minimum atomic E-state index is -4.66. The lowest BCUT2D eigenvalue weighted by atomic mass is 10.1. The lowest BCUT2D eigenvalue weighted by Gasteiger charge is -2.16. The summed E-state index contributed by atoms with van der Waals surface area (Å²) in [7, 11) is 0. The number of hydrogen-bond acceptors (Lipinski definition) is 3. The molecule has 0 radical (unpaired) electrons. The number of alkyl halides is 3. The summed E-state index contributed by atoms with van der Waals surface area (Å²) in [6.45, 7) is -0.406. The van der Waals surface area contributed by atoms with Crippen molar-refractivity contribution in [1.29, 1.82) is 0 Å². The molecule has 2 aromatic rings.